The van der Waals surface area contributed by atoms with Gasteiger partial charge in [0.1, 0.15) is 0 Å². The van der Waals surface area contributed by atoms with Crippen molar-refractivity contribution in [2.75, 3.05) is 34.4 Å². The summed E-state index contributed by atoms with van der Waals surface area (Å²) in [7, 11) is 0. The van der Waals surface area contributed by atoms with Gasteiger partial charge in [-0.3, -0.25) is 14.6 Å². The standard InChI is InChI=1S/C15H18N6O2/c1-9-2-4-10(5-3-9)17-6-11-7-18-13-12(21(11)8-22)14(23)20-15(16)19-13/h2-5,8,11,17H,6-7H2,1H3,(H4,16,18,19,20,23). The number of H-pyrrole nitrogens is 1. The average molecular weight is 314 g/mol. The predicted octanol–water partition coefficient (Wildman–Crippen LogP) is 0.530. The van der Waals surface area contributed by atoms with Gasteiger partial charge in [0.05, 0.1) is 6.04 Å². The van der Waals surface area contributed by atoms with Crippen LogP contribution in [0.3, 0.4) is 0 Å². The van der Waals surface area contributed by atoms with E-state index in [2.05, 4.69) is 20.6 Å². The fourth-order valence-electron chi connectivity index (χ4n) is 2.56. The van der Waals surface area contributed by atoms with Gasteiger partial charge in [0.2, 0.25) is 12.4 Å². The zero-order valence-corrected chi connectivity index (χ0v) is 12.7. The molecular formula is C15H18N6O2. The van der Waals surface area contributed by atoms with Crippen molar-refractivity contribution in [2.24, 2.45) is 0 Å². The van der Waals surface area contributed by atoms with E-state index in [1.165, 1.54) is 10.5 Å². The van der Waals surface area contributed by atoms with Crippen molar-refractivity contribution in [1.82, 2.24) is 9.97 Å². The van der Waals surface area contributed by atoms with E-state index in [9.17, 15) is 9.59 Å². The summed E-state index contributed by atoms with van der Waals surface area (Å²) in [5, 5.41) is 6.32. The molecule has 1 aliphatic rings. The van der Waals surface area contributed by atoms with Crippen LogP contribution in [0, 0.1) is 6.92 Å². The zero-order valence-electron chi connectivity index (χ0n) is 12.7. The molecule has 0 saturated heterocycles. The maximum absolute atomic E-state index is 12.1. The highest BCUT2D eigenvalue weighted by Crippen LogP contribution is 2.25. The molecule has 2 aromatic rings. The maximum atomic E-state index is 12.1. The highest BCUT2D eigenvalue weighted by molar-refractivity contribution is 5.84. The van der Waals surface area contributed by atoms with E-state index in [0.29, 0.717) is 25.3 Å². The van der Waals surface area contributed by atoms with Crippen LogP contribution in [0.4, 0.5) is 23.1 Å². The van der Waals surface area contributed by atoms with E-state index in [1.54, 1.807) is 0 Å². The lowest BCUT2D eigenvalue weighted by molar-refractivity contribution is -0.107. The first kappa shape index (κ1) is 14.9. The normalized spacial score (nSPS) is 16.4. The molecule has 0 aliphatic carbocycles. The Hall–Kier alpha value is -3.03. The third-order valence-corrected chi connectivity index (χ3v) is 3.78. The van der Waals surface area contributed by atoms with Crippen LogP contribution in [0.5, 0.6) is 0 Å². The topological polar surface area (TPSA) is 116 Å². The van der Waals surface area contributed by atoms with Crippen molar-refractivity contribution >= 4 is 29.6 Å². The number of rotatable bonds is 4. The number of anilines is 4. The number of nitrogens with two attached hydrogens (primary N) is 1. The minimum Gasteiger partial charge on any atom is -0.383 e. The van der Waals surface area contributed by atoms with Crippen LogP contribution in [0.25, 0.3) is 0 Å². The fourth-order valence-corrected chi connectivity index (χ4v) is 2.56. The Morgan fingerprint density at radius 1 is 1.43 bits per heavy atom. The summed E-state index contributed by atoms with van der Waals surface area (Å²) in [4.78, 5) is 31.4. The Labute approximate surface area is 132 Å². The van der Waals surface area contributed by atoms with Gasteiger partial charge in [0, 0.05) is 18.8 Å². The number of benzene rings is 1. The molecule has 8 nitrogen and oxygen atoms in total. The number of carbonyl (C=O) groups excluding carboxylic acids is 1. The summed E-state index contributed by atoms with van der Waals surface area (Å²) >= 11 is 0. The van der Waals surface area contributed by atoms with Gasteiger partial charge in [-0.2, -0.15) is 4.98 Å². The van der Waals surface area contributed by atoms with Crippen LogP contribution in [-0.4, -0.2) is 35.5 Å². The number of hydrogen-bond donors (Lipinski definition) is 4. The van der Waals surface area contributed by atoms with Crippen molar-refractivity contribution in [3.63, 3.8) is 0 Å². The van der Waals surface area contributed by atoms with E-state index >= 15 is 0 Å². The van der Waals surface area contributed by atoms with E-state index in [4.69, 9.17) is 5.73 Å². The molecule has 0 bridgehead atoms. The van der Waals surface area contributed by atoms with Crippen molar-refractivity contribution in [3.05, 3.63) is 40.2 Å². The zero-order chi connectivity index (χ0) is 16.4. The van der Waals surface area contributed by atoms with Gasteiger partial charge >= 0.3 is 0 Å². The number of fused-ring (bicyclic) bond motifs is 1. The molecule has 1 unspecified atom stereocenters. The largest absolute Gasteiger partial charge is 0.383 e. The summed E-state index contributed by atoms with van der Waals surface area (Å²) in [6.45, 7) is 2.99. The number of aryl methyl sites for hydroxylation is 1. The minimum atomic E-state index is -0.438. The second-order valence-corrected chi connectivity index (χ2v) is 5.44. The smallest absolute Gasteiger partial charge is 0.278 e. The Bertz CT molecular complexity index is 771. The molecular weight excluding hydrogens is 296 g/mol. The molecule has 0 spiro atoms. The van der Waals surface area contributed by atoms with Crippen LogP contribution in [0.1, 0.15) is 5.56 Å². The number of amides is 1. The Kier molecular flexibility index (Phi) is 3.88. The van der Waals surface area contributed by atoms with Gasteiger partial charge in [-0.1, -0.05) is 17.7 Å². The maximum Gasteiger partial charge on any atom is 0.278 e. The Morgan fingerprint density at radius 3 is 2.87 bits per heavy atom. The number of nitrogen functional groups attached to an aromatic ring is 1. The lowest BCUT2D eigenvalue weighted by Gasteiger charge is -2.34. The number of aromatic amines is 1. The molecule has 1 atom stereocenters. The van der Waals surface area contributed by atoms with Gasteiger partial charge in [0.25, 0.3) is 5.56 Å². The summed E-state index contributed by atoms with van der Waals surface area (Å²) in [5.74, 6) is 0.341. The van der Waals surface area contributed by atoms with Crippen LogP contribution in [-0.2, 0) is 4.79 Å². The minimum absolute atomic E-state index is 0.0170. The highest BCUT2D eigenvalue weighted by atomic mass is 16.1. The quantitative estimate of drug-likeness (QED) is 0.612. The van der Waals surface area contributed by atoms with E-state index in [0.717, 1.165) is 5.69 Å². The Morgan fingerprint density at radius 2 is 2.17 bits per heavy atom. The summed E-state index contributed by atoms with van der Waals surface area (Å²) in [5.41, 5.74) is 7.41. The van der Waals surface area contributed by atoms with Crippen molar-refractivity contribution < 1.29 is 4.79 Å². The molecule has 1 aliphatic heterocycles. The molecule has 5 N–H and O–H groups in total. The van der Waals surface area contributed by atoms with Crippen LogP contribution in [0.2, 0.25) is 0 Å². The Balaban J connectivity index is 1.80. The molecule has 23 heavy (non-hydrogen) atoms. The third-order valence-electron chi connectivity index (χ3n) is 3.78. The lowest BCUT2D eigenvalue weighted by atomic mass is 10.1. The van der Waals surface area contributed by atoms with E-state index < -0.39 is 5.56 Å². The predicted molar refractivity (Wildman–Crippen MR) is 89.8 cm³/mol. The SMILES string of the molecule is Cc1ccc(NCC2CNc3nc(N)[nH]c(=O)c3N2C=O)cc1. The highest BCUT2D eigenvalue weighted by Gasteiger charge is 2.29. The number of carbonyl (C=O) groups is 1. The monoisotopic (exact) mass is 314 g/mol. The van der Waals surface area contributed by atoms with E-state index in [-0.39, 0.29) is 17.7 Å². The fraction of sp³-hybridized carbons (Fsp3) is 0.267. The molecule has 8 heteroatoms. The van der Waals surface area contributed by atoms with Crippen molar-refractivity contribution in [2.45, 2.75) is 13.0 Å². The van der Waals surface area contributed by atoms with E-state index in [1.807, 2.05) is 31.2 Å². The van der Waals surface area contributed by atoms with Gasteiger partial charge in [-0.25, -0.2) is 0 Å². The first-order valence-corrected chi connectivity index (χ1v) is 7.26. The number of aromatic nitrogens is 2. The molecule has 0 fully saturated rings. The number of nitrogens with zero attached hydrogens (tertiary/aromatic N) is 2. The third kappa shape index (κ3) is 2.96. The van der Waals surface area contributed by atoms with Crippen molar-refractivity contribution in [3.8, 4) is 0 Å². The molecule has 0 radical (unpaired) electrons. The van der Waals surface area contributed by atoms with Crippen LogP contribution < -0.4 is 26.8 Å². The first-order chi connectivity index (χ1) is 11.1. The second kappa shape index (κ2) is 5.99. The summed E-state index contributed by atoms with van der Waals surface area (Å²) in [6, 6.07) is 7.74. The van der Waals surface area contributed by atoms with Gasteiger partial charge < -0.3 is 21.3 Å². The second-order valence-electron chi connectivity index (χ2n) is 5.44. The molecule has 1 aromatic heterocycles. The van der Waals surface area contributed by atoms with Crippen LogP contribution in [0.15, 0.2) is 29.1 Å². The summed E-state index contributed by atoms with van der Waals surface area (Å²) < 4.78 is 0. The van der Waals surface area contributed by atoms with Gasteiger partial charge in [0.15, 0.2) is 11.5 Å². The number of nitrogens with one attached hydrogen (secondary N) is 3. The molecule has 2 heterocycles. The molecule has 120 valence electrons. The lowest BCUT2D eigenvalue weighted by Crippen LogP contribution is -2.49. The van der Waals surface area contributed by atoms with Crippen molar-refractivity contribution in [1.29, 1.82) is 0 Å². The molecule has 3 rings (SSSR count). The molecule has 1 amide bonds. The average Bonchev–Trinajstić information content (AvgIpc) is 2.53. The van der Waals surface area contributed by atoms with Gasteiger partial charge in [-0.05, 0) is 19.1 Å². The molecule has 0 saturated carbocycles. The molecule has 1 aromatic carbocycles. The van der Waals surface area contributed by atoms with Gasteiger partial charge in [-0.15, -0.1) is 0 Å². The first-order valence-electron chi connectivity index (χ1n) is 7.26. The van der Waals surface area contributed by atoms with Crippen LogP contribution >= 0.6 is 0 Å². The number of hydrogen-bond acceptors (Lipinski definition) is 6. The summed E-state index contributed by atoms with van der Waals surface area (Å²) in [6.07, 6.45) is 0.647.